The standard InChI is InChI=1S/C19H27N3O3/c1-14-5-3-7-17(15(14)2)21-8-10-22(11-9-21)19(24)18(23)20-13-16-6-4-12-25-16/h3,5,7,16H,4,6,8-13H2,1-2H3,(H,20,23). The molecule has 3 rings (SSSR count). The van der Waals surface area contributed by atoms with E-state index in [-0.39, 0.29) is 6.10 Å². The van der Waals surface area contributed by atoms with Crippen molar-refractivity contribution >= 4 is 17.5 Å². The van der Waals surface area contributed by atoms with Gasteiger partial charge in [0.15, 0.2) is 0 Å². The summed E-state index contributed by atoms with van der Waals surface area (Å²) in [5.41, 5.74) is 3.76. The van der Waals surface area contributed by atoms with Crippen LogP contribution in [0, 0.1) is 13.8 Å². The van der Waals surface area contributed by atoms with Crippen LogP contribution in [0.5, 0.6) is 0 Å². The van der Waals surface area contributed by atoms with E-state index in [1.165, 1.54) is 16.8 Å². The summed E-state index contributed by atoms with van der Waals surface area (Å²) in [5, 5.41) is 2.71. The third-order valence-corrected chi connectivity index (χ3v) is 5.19. The first kappa shape index (κ1) is 17.7. The van der Waals surface area contributed by atoms with Gasteiger partial charge in [0.05, 0.1) is 6.10 Å². The number of hydrogen-bond acceptors (Lipinski definition) is 4. The van der Waals surface area contributed by atoms with Crippen LogP contribution in [0.1, 0.15) is 24.0 Å². The van der Waals surface area contributed by atoms with Gasteiger partial charge in [0.1, 0.15) is 0 Å². The van der Waals surface area contributed by atoms with Crippen LogP contribution in [0.4, 0.5) is 5.69 Å². The molecule has 2 saturated heterocycles. The van der Waals surface area contributed by atoms with Gasteiger partial charge in [-0.2, -0.15) is 0 Å². The van der Waals surface area contributed by atoms with Crippen molar-refractivity contribution in [1.82, 2.24) is 10.2 Å². The van der Waals surface area contributed by atoms with Crippen molar-refractivity contribution in [2.24, 2.45) is 0 Å². The maximum atomic E-state index is 12.3. The molecular formula is C19H27N3O3. The molecule has 1 unspecified atom stereocenters. The summed E-state index contributed by atoms with van der Waals surface area (Å²) >= 11 is 0. The zero-order valence-corrected chi connectivity index (χ0v) is 15.1. The molecular weight excluding hydrogens is 318 g/mol. The lowest BCUT2D eigenvalue weighted by atomic mass is 10.1. The Bertz CT molecular complexity index is 633. The Morgan fingerprint density at radius 2 is 1.96 bits per heavy atom. The SMILES string of the molecule is Cc1cccc(N2CCN(C(=O)C(=O)NCC3CCCO3)CC2)c1C. The predicted molar refractivity (Wildman–Crippen MR) is 96.7 cm³/mol. The van der Waals surface area contributed by atoms with Crippen molar-refractivity contribution in [3.63, 3.8) is 0 Å². The molecule has 6 nitrogen and oxygen atoms in total. The fourth-order valence-corrected chi connectivity index (χ4v) is 3.46. The molecule has 0 aromatic heterocycles. The predicted octanol–water partition coefficient (Wildman–Crippen LogP) is 1.25. The van der Waals surface area contributed by atoms with Crippen molar-refractivity contribution in [2.75, 3.05) is 44.2 Å². The second kappa shape index (κ2) is 7.87. The number of piperazine rings is 1. The largest absolute Gasteiger partial charge is 0.376 e. The molecule has 0 saturated carbocycles. The first-order valence-electron chi connectivity index (χ1n) is 9.06. The van der Waals surface area contributed by atoms with Crippen LogP contribution in [0.3, 0.4) is 0 Å². The molecule has 2 aliphatic rings. The molecule has 2 heterocycles. The van der Waals surface area contributed by atoms with Crippen molar-refractivity contribution in [3.05, 3.63) is 29.3 Å². The van der Waals surface area contributed by atoms with E-state index >= 15 is 0 Å². The molecule has 1 N–H and O–H groups in total. The van der Waals surface area contributed by atoms with E-state index in [4.69, 9.17) is 4.74 Å². The molecule has 0 aliphatic carbocycles. The maximum absolute atomic E-state index is 12.3. The normalized spacial score (nSPS) is 20.6. The van der Waals surface area contributed by atoms with E-state index in [2.05, 4.69) is 42.3 Å². The number of anilines is 1. The summed E-state index contributed by atoms with van der Waals surface area (Å²) in [7, 11) is 0. The molecule has 2 fully saturated rings. The molecule has 0 spiro atoms. The van der Waals surface area contributed by atoms with E-state index in [1.54, 1.807) is 4.90 Å². The Labute approximate surface area is 149 Å². The minimum Gasteiger partial charge on any atom is -0.376 e. The quantitative estimate of drug-likeness (QED) is 0.838. The highest BCUT2D eigenvalue weighted by atomic mass is 16.5. The van der Waals surface area contributed by atoms with Crippen LogP contribution in [0.2, 0.25) is 0 Å². The van der Waals surface area contributed by atoms with Crippen LogP contribution in [0.15, 0.2) is 18.2 Å². The lowest BCUT2D eigenvalue weighted by molar-refractivity contribution is -0.146. The molecule has 0 radical (unpaired) electrons. The lowest BCUT2D eigenvalue weighted by Gasteiger charge is -2.36. The number of ether oxygens (including phenoxy) is 1. The molecule has 6 heteroatoms. The zero-order chi connectivity index (χ0) is 17.8. The molecule has 0 bridgehead atoms. The highest BCUT2D eigenvalue weighted by Crippen LogP contribution is 2.23. The molecule has 2 amide bonds. The van der Waals surface area contributed by atoms with Crippen molar-refractivity contribution < 1.29 is 14.3 Å². The fraction of sp³-hybridized carbons (Fsp3) is 0.579. The number of aryl methyl sites for hydroxylation is 1. The fourth-order valence-electron chi connectivity index (χ4n) is 3.46. The number of nitrogens with one attached hydrogen (secondary N) is 1. The molecule has 25 heavy (non-hydrogen) atoms. The Kier molecular flexibility index (Phi) is 5.58. The number of carbonyl (C=O) groups excluding carboxylic acids is 2. The van der Waals surface area contributed by atoms with Gasteiger partial charge in [0.2, 0.25) is 0 Å². The Morgan fingerprint density at radius 1 is 1.20 bits per heavy atom. The van der Waals surface area contributed by atoms with Gasteiger partial charge >= 0.3 is 11.8 Å². The highest BCUT2D eigenvalue weighted by molar-refractivity contribution is 6.35. The van der Waals surface area contributed by atoms with E-state index in [9.17, 15) is 9.59 Å². The second-order valence-electron chi connectivity index (χ2n) is 6.84. The third-order valence-electron chi connectivity index (χ3n) is 5.19. The number of benzene rings is 1. The summed E-state index contributed by atoms with van der Waals surface area (Å²) in [6.07, 6.45) is 2.02. The van der Waals surface area contributed by atoms with Crippen LogP contribution in [-0.4, -0.2) is 62.1 Å². The summed E-state index contributed by atoms with van der Waals surface area (Å²) in [4.78, 5) is 28.3. The van der Waals surface area contributed by atoms with Gasteiger partial charge in [-0.05, 0) is 43.9 Å². The van der Waals surface area contributed by atoms with E-state index in [1.807, 2.05) is 0 Å². The Balaban J connectivity index is 1.50. The van der Waals surface area contributed by atoms with Gasteiger partial charge < -0.3 is 19.9 Å². The number of carbonyl (C=O) groups is 2. The lowest BCUT2D eigenvalue weighted by Crippen LogP contribution is -2.53. The third kappa shape index (κ3) is 4.12. The van der Waals surface area contributed by atoms with Crippen molar-refractivity contribution in [3.8, 4) is 0 Å². The monoisotopic (exact) mass is 345 g/mol. The van der Waals surface area contributed by atoms with Gasteiger partial charge in [-0.1, -0.05) is 12.1 Å². The Morgan fingerprint density at radius 3 is 2.64 bits per heavy atom. The van der Waals surface area contributed by atoms with Crippen LogP contribution in [0.25, 0.3) is 0 Å². The van der Waals surface area contributed by atoms with Crippen LogP contribution >= 0.6 is 0 Å². The van der Waals surface area contributed by atoms with E-state index in [0.717, 1.165) is 32.5 Å². The Hall–Kier alpha value is -2.08. The number of hydrogen-bond donors (Lipinski definition) is 1. The van der Waals surface area contributed by atoms with Gasteiger partial charge in [0, 0.05) is 45.0 Å². The van der Waals surface area contributed by atoms with Crippen molar-refractivity contribution in [1.29, 1.82) is 0 Å². The van der Waals surface area contributed by atoms with Crippen LogP contribution < -0.4 is 10.2 Å². The number of amides is 2. The minimum atomic E-state index is -0.518. The number of nitrogens with zero attached hydrogens (tertiary/aromatic N) is 2. The van der Waals surface area contributed by atoms with Crippen LogP contribution in [-0.2, 0) is 14.3 Å². The summed E-state index contributed by atoms with van der Waals surface area (Å²) in [6, 6.07) is 6.29. The molecule has 1 aromatic carbocycles. The molecule has 1 atom stereocenters. The topological polar surface area (TPSA) is 61.9 Å². The summed E-state index contributed by atoms with van der Waals surface area (Å²) < 4.78 is 5.47. The zero-order valence-electron chi connectivity index (χ0n) is 15.1. The van der Waals surface area contributed by atoms with Crippen molar-refractivity contribution in [2.45, 2.75) is 32.8 Å². The van der Waals surface area contributed by atoms with Gasteiger partial charge in [-0.25, -0.2) is 0 Å². The summed E-state index contributed by atoms with van der Waals surface area (Å²) in [6.45, 7) is 8.03. The first-order valence-corrected chi connectivity index (χ1v) is 9.06. The smallest absolute Gasteiger partial charge is 0.312 e. The average molecular weight is 345 g/mol. The van der Waals surface area contributed by atoms with E-state index in [0.29, 0.717) is 19.6 Å². The number of rotatable bonds is 3. The van der Waals surface area contributed by atoms with Gasteiger partial charge in [-0.15, -0.1) is 0 Å². The summed E-state index contributed by atoms with van der Waals surface area (Å²) in [5.74, 6) is -0.950. The van der Waals surface area contributed by atoms with E-state index < -0.39 is 11.8 Å². The highest BCUT2D eigenvalue weighted by Gasteiger charge is 2.27. The molecule has 136 valence electrons. The molecule has 2 aliphatic heterocycles. The minimum absolute atomic E-state index is 0.0536. The average Bonchev–Trinajstić information content (AvgIpc) is 3.15. The second-order valence-corrected chi connectivity index (χ2v) is 6.84. The maximum Gasteiger partial charge on any atom is 0.312 e. The van der Waals surface area contributed by atoms with Gasteiger partial charge in [0.25, 0.3) is 0 Å². The van der Waals surface area contributed by atoms with Gasteiger partial charge in [-0.3, -0.25) is 9.59 Å². The first-order chi connectivity index (χ1) is 12.1. The molecule has 1 aromatic rings.